The molecule has 2 aromatic heterocycles. The highest BCUT2D eigenvalue weighted by Gasteiger charge is 2.61. The number of thiazole rings is 1. The molecule has 13 heteroatoms. The van der Waals surface area contributed by atoms with Crippen LogP contribution in [0.4, 0.5) is 4.79 Å². The van der Waals surface area contributed by atoms with E-state index in [1.807, 2.05) is 36.6 Å². The number of carbonyl (C=O) groups is 3. The van der Waals surface area contributed by atoms with Gasteiger partial charge in [-0.3, -0.25) is 4.79 Å². The van der Waals surface area contributed by atoms with Crippen LogP contribution in [0.15, 0.2) is 29.7 Å². The van der Waals surface area contributed by atoms with E-state index in [0.29, 0.717) is 46.3 Å². The second-order valence-corrected chi connectivity index (χ2v) is 13.6. The fraction of sp³-hybridized carbons (Fsp3) is 0.515. The quantitative estimate of drug-likeness (QED) is 0.361. The zero-order valence-corrected chi connectivity index (χ0v) is 27.6. The lowest BCUT2D eigenvalue weighted by atomic mass is 10.1. The molecular formula is C33H40N6O6S. The van der Waals surface area contributed by atoms with Gasteiger partial charge in [-0.15, -0.1) is 11.3 Å². The lowest BCUT2D eigenvalue weighted by molar-refractivity contribution is -0.144. The van der Waals surface area contributed by atoms with E-state index in [0.717, 1.165) is 30.5 Å². The van der Waals surface area contributed by atoms with Crippen LogP contribution in [0.5, 0.6) is 11.6 Å². The first-order valence-electron chi connectivity index (χ1n) is 15.7. The van der Waals surface area contributed by atoms with Gasteiger partial charge in [0.2, 0.25) is 11.8 Å². The topological polar surface area (TPSA) is 147 Å². The number of carbonyl (C=O) groups excluding carboxylic acids is 2. The molecule has 6 rings (SSSR count). The summed E-state index contributed by atoms with van der Waals surface area (Å²) in [5, 5.41) is 16.2. The number of ether oxygens (including phenoxy) is 2. The molecule has 1 saturated carbocycles. The number of carboxylic acid groups (broad SMARTS) is 1. The van der Waals surface area contributed by atoms with Crippen molar-refractivity contribution in [3.63, 3.8) is 0 Å². The van der Waals surface area contributed by atoms with Crippen molar-refractivity contribution < 1.29 is 29.0 Å². The Morgan fingerprint density at radius 1 is 1.20 bits per heavy atom. The first-order valence-corrected chi connectivity index (χ1v) is 16.6. The van der Waals surface area contributed by atoms with E-state index in [-0.39, 0.29) is 30.8 Å². The van der Waals surface area contributed by atoms with Crippen molar-refractivity contribution in [2.75, 3.05) is 27.2 Å². The lowest BCUT2D eigenvalue weighted by Crippen LogP contribution is -2.54. The Morgan fingerprint density at radius 3 is 2.72 bits per heavy atom. The van der Waals surface area contributed by atoms with Gasteiger partial charge in [0, 0.05) is 36.9 Å². The number of carboxylic acids is 1. The van der Waals surface area contributed by atoms with Crippen LogP contribution in [-0.2, 0) is 9.59 Å². The monoisotopic (exact) mass is 648 g/mol. The van der Waals surface area contributed by atoms with E-state index >= 15 is 0 Å². The van der Waals surface area contributed by atoms with Gasteiger partial charge in [-0.25, -0.2) is 19.6 Å². The summed E-state index contributed by atoms with van der Waals surface area (Å²) in [6, 6.07) is 2.47. The zero-order chi connectivity index (χ0) is 32.7. The minimum atomic E-state index is -1.37. The molecular weight excluding hydrogens is 608 g/mol. The number of aryl methyl sites for hydroxylation is 1. The van der Waals surface area contributed by atoms with Gasteiger partial charge in [-0.1, -0.05) is 26.0 Å². The highest BCUT2D eigenvalue weighted by Crippen LogP contribution is 2.45. The molecule has 4 heterocycles. The second kappa shape index (κ2) is 12.5. The third kappa shape index (κ3) is 5.88. The molecule has 2 N–H and O–H groups in total. The average molecular weight is 649 g/mol. The Balaban J connectivity index is 1.35. The Hall–Kier alpha value is -4.26. The highest BCUT2D eigenvalue weighted by atomic mass is 32.1. The Labute approximate surface area is 271 Å². The van der Waals surface area contributed by atoms with Crippen LogP contribution in [-0.4, -0.2) is 92.7 Å². The molecule has 2 fully saturated rings. The molecule has 12 nitrogen and oxygen atoms in total. The predicted molar refractivity (Wildman–Crippen MR) is 173 cm³/mol. The number of amides is 3. The van der Waals surface area contributed by atoms with Crippen molar-refractivity contribution in [1.29, 1.82) is 0 Å². The van der Waals surface area contributed by atoms with E-state index in [1.165, 1.54) is 16.2 Å². The van der Waals surface area contributed by atoms with Gasteiger partial charge < -0.3 is 29.7 Å². The summed E-state index contributed by atoms with van der Waals surface area (Å²) in [6.45, 7) is 6.75. The van der Waals surface area contributed by atoms with Gasteiger partial charge in [0.1, 0.15) is 23.4 Å². The molecule has 3 aromatic rings. The fourth-order valence-corrected chi connectivity index (χ4v) is 7.21. The third-order valence-corrected chi connectivity index (χ3v) is 10.1. The molecule has 1 aromatic carbocycles. The Bertz CT molecular complexity index is 1710. The molecule has 0 radical (unpaired) electrons. The van der Waals surface area contributed by atoms with Crippen molar-refractivity contribution in [1.82, 2.24) is 30.1 Å². The van der Waals surface area contributed by atoms with Gasteiger partial charge in [0.25, 0.3) is 0 Å². The number of allylic oxidation sites excluding steroid dienone is 1. The Morgan fingerprint density at radius 2 is 2.00 bits per heavy atom. The number of methoxy groups -OCH3 is 1. The van der Waals surface area contributed by atoms with Crippen LogP contribution in [0.25, 0.3) is 21.7 Å². The zero-order valence-electron chi connectivity index (χ0n) is 26.8. The first-order chi connectivity index (χ1) is 22.0. The number of aromatic nitrogens is 3. The van der Waals surface area contributed by atoms with Crippen LogP contribution in [0.1, 0.15) is 63.1 Å². The summed E-state index contributed by atoms with van der Waals surface area (Å²) in [7, 11) is 3.33. The van der Waals surface area contributed by atoms with Gasteiger partial charge in [0.05, 0.1) is 30.3 Å². The van der Waals surface area contributed by atoms with E-state index in [1.54, 1.807) is 19.1 Å². The fourth-order valence-electron chi connectivity index (χ4n) is 6.30. The summed E-state index contributed by atoms with van der Waals surface area (Å²) < 4.78 is 12.1. The molecule has 0 spiro atoms. The summed E-state index contributed by atoms with van der Waals surface area (Å²) in [4.78, 5) is 57.4. The number of benzene rings is 1. The van der Waals surface area contributed by atoms with Crippen LogP contribution in [0, 0.1) is 12.8 Å². The van der Waals surface area contributed by atoms with Gasteiger partial charge in [-0.05, 0) is 50.7 Å². The van der Waals surface area contributed by atoms with E-state index in [2.05, 4.69) is 19.2 Å². The van der Waals surface area contributed by atoms with Gasteiger partial charge >= 0.3 is 12.0 Å². The Kier molecular flexibility index (Phi) is 8.62. The summed E-state index contributed by atoms with van der Waals surface area (Å²) in [5.41, 5.74) is 1.05. The first kappa shape index (κ1) is 31.7. The van der Waals surface area contributed by atoms with Gasteiger partial charge in [-0.2, -0.15) is 4.98 Å². The van der Waals surface area contributed by atoms with Crippen molar-refractivity contribution in [3.8, 4) is 22.5 Å². The number of urea groups is 1. The standard InChI is InChI=1S/C33H40N6O6S/c1-18(2)23-17-46-30(34-23)27-35-26-19(3)25(44-5)12-11-22(26)29(36-27)45-21-14-24-28(40)37-33(31(41)42)15-20(33)10-8-6-7-9-13-38(4)32(43)39(24)16-21/h8,10-12,17-18,20-21,24H,6-7,9,13-16H2,1-5H3,(H,37,40)(H,41,42)/b10-8+. The van der Waals surface area contributed by atoms with E-state index in [9.17, 15) is 19.5 Å². The van der Waals surface area contributed by atoms with Crippen molar-refractivity contribution >= 4 is 40.1 Å². The maximum absolute atomic E-state index is 13.8. The molecule has 1 saturated heterocycles. The van der Waals surface area contributed by atoms with Crippen LogP contribution in [0.2, 0.25) is 0 Å². The molecule has 244 valence electrons. The summed E-state index contributed by atoms with van der Waals surface area (Å²) >= 11 is 1.46. The molecule has 4 unspecified atom stereocenters. The molecule has 0 bridgehead atoms. The van der Waals surface area contributed by atoms with E-state index in [4.69, 9.17) is 24.4 Å². The van der Waals surface area contributed by atoms with Crippen molar-refractivity contribution in [2.45, 2.75) is 76.5 Å². The number of fused-ring (bicyclic) bond motifs is 3. The normalized spacial score (nSPS) is 25.9. The van der Waals surface area contributed by atoms with E-state index < -0.39 is 29.6 Å². The maximum atomic E-state index is 13.8. The number of hydrogen-bond donors (Lipinski definition) is 2. The molecule has 46 heavy (non-hydrogen) atoms. The van der Waals surface area contributed by atoms with Crippen LogP contribution >= 0.6 is 11.3 Å². The highest BCUT2D eigenvalue weighted by molar-refractivity contribution is 7.13. The number of nitrogens with one attached hydrogen (secondary N) is 1. The van der Waals surface area contributed by atoms with Gasteiger partial charge in [0.15, 0.2) is 10.8 Å². The second-order valence-electron chi connectivity index (χ2n) is 12.7. The van der Waals surface area contributed by atoms with Crippen LogP contribution in [0.3, 0.4) is 0 Å². The number of nitrogens with zero attached hydrogens (tertiary/aromatic N) is 5. The SMILES string of the molecule is COc1ccc2c(OC3CC4C(=O)NC5(C(=O)O)CC5/C=C/CCCCN(C)C(=O)N4C3)nc(-c3nc(C(C)C)cs3)nc2c1C. The van der Waals surface area contributed by atoms with Crippen LogP contribution < -0.4 is 14.8 Å². The number of aliphatic carboxylic acids is 1. The molecule has 3 aliphatic rings. The summed E-state index contributed by atoms with van der Waals surface area (Å²) in [5.74, 6) is -0.209. The minimum absolute atomic E-state index is 0.134. The average Bonchev–Trinajstić information content (AvgIpc) is 3.33. The number of hydrogen-bond acceptors (Lipinski definition) is 9. The summed E-state index contributed by atoms with van der Waals surface area (Å²) in [6.07, 6.45) is 6.22. The smallest absolute Gasteiger partial charge is 0.330 e. The minimum Gasteiger partial charge on any atom is -0.496 e. The molecule has 4 atom stereocenters. The predicted octanol–water partition coefficient (Wildman–Crippen LogP) is 4.77. The molecule has 3 amide bonds. The van der Waals surface area contributed by atoms with Crippen molar-refractivity contribution in [2.24, 2.45) is 5.92 Å². The molecule has 2 aliphatic heterocycles. The maximum Gasteiger partial charge on any atom is 0.330 e. The largest absolute Gasteiger partial charge is 0.496 e. The van der Waals surface area contributed by atoms with Crippen molar-refractivity contribution in [3.05, 3.63) is 40.9 Å². The number of rotatable bonds is 6. The lowest BCUT2D eigenvalue weighted by Gasteiger charge is -2.29. The molecule has 1 aliphatic carbocycles. The third-order valence-electron chi connectivity index (χ3n) is 9.20.